The SMILES string of the molecule is COCC(O)CCNC(=O)NC1CC1C1CCCCC1. The van der Waals surface area contributed by atoms with E-state index in [0.29, 0.717) is 31.5 Å². The van der Waals surface area contributed by atoms with Gasteiger partial charge in [0.15, 0.2) is 0 Å². The van der Waals surface area contributed by atoms with Crippen molar-refractivity contribution in [2.24, 2.45) is 11.8 Å². The Bertz CT molecular complexity index is 305. The normalized spacial score (nSPS) is 27.9. The van der Waals surface area contributed by atoms with E-state index in [1.54, 1.807) is 7.11 Å². The second-order valence-corrected chi connectivity index (χ2v) is 6.20. The minimum absolute atomic E-state index is 0.0991. The molecule has 2 aliphatic rings. The molecule has 5 heteroatoms. The monoisotopic (exact) mass is 284 g/mol. The van der Waals surface area contributed by atoms with Gasteiger partial charge in [0.1, 0.15) is 0 Å². The summed E-state index contributed by atoms with van der Waals surface area (Å²) in [5.74, 6) is 1.54. The van der Waals surface area contributed by atoms with E-state index in [-0.39, 0.29) is 6.03 Å². The minimum Gasteiger partial charge on any atom is -0.391 e. The average molecular weight is 284 g/mol. The molecule has 2 rings (SSSR count). The highest BCUT2D eigenvalue weighted by atomic mass is 16.5. The fraction of sp³-hybridized carbons (Fsp3) is 0.933. The first kappa shape index (κ1) is 15.6. The van der Waals surface area contributed by atoms with Gasteiger partial charge in [-0.05, 0) is 24.7 Å². The number of nitrogens with one attached hydrogen (secondary N) is 2. The van der Waals surface area contributed by atoms with Crippen LogP contribution >= 0.6 is 0 Å². The maximum absolute atomic E-state index is 11.7. The highest BCUT2D eigenvalue weighted by Crippen LogP contribution is 2.44. The second kappa shape index (κ2) is 7.84. The summed E-state index contributed by atoms with van der Waals surface area (Å²) in [5.41, 5.74) is 0. The van der Waals surface area contributed by atoms with Crippen LogP contribution in [0.4, 0.5) is 4.79 Å². The lowest BCUT2D eigenvalue weighted by Crippen LogP contribution is -2.39. The van der Waals surface area contributed by atoms with Crippen LogP contribution in [-0.2, 0) is 4.74 Å². The number of carbonyl (C=O) groups is 1. The van der Waals surface area contributed by atoms with E-state index in [9.17, 15) is 9.90 Å². The smallest absolute Gasteiger partial charge is 0.315 e. The summed E-state index contributed by atoms with van der Waals surface area (Å²) >= 11 is 0. The molecule has 0 heterocycles. The summed E-state index contributed by atoms with van der Waals surface area (Å²) in [6.07, 6.45) is 7.95. The quantitative estimate of drug-likeness (QED) is 0.666. The second-order valence-electron chi connectivity index (χ2n) is 6.20. The van der Waals surface area contributed by atoms with Crippen LogP contribution in [0.5, 0.6) is 0 Å². The zero-order valence-electron chi connectivity index (χ0n) is 12.4. The Hall–Kier alpha value is -0.810. The summed E-state index contributed by atoms with van der Waals surface area (Å²) in [6.45, 7) is 0.798. The van der Waals surface area contributed by atoms with Gasteiger partial charge in [-0.1, -0.05) is 32.1 Å². The fourth-order valence-electron chi connectivity index (χ4n) is 3.31. The molecule has 2 amide bonds. The molecule has 2 saturated carbocycles. The molecule has 0 spiro atoms. The Morgan fingerprint density at radius 3 is 2.80 bits per heavy atom. The summed E-state index contributed by atoms with van der Waals surface area (Å²) in [6, 6.07) is 0.278. The van der Waals surface area contributed by atoms with E-state index in [4.69, 9.17) is 4.74 Å². The first-order valence-electron chi connectivity index (χ1n) is 7.92. The third-order valence-electron chi connectivity index (χ3n) is 4.53. The number of urea groups is 1. The molecular formula is C15H28N2O3. The Kier molecular flexibility index (Phi) is 6.10. The van der Waals surface area contributed by atoms with E-state index in [2.05, 4.69) is 10.6 Å². The van der Waals surface area contributed by atoms with Crippen LogP contribution in [0.3, 0.4) is 0 Å². The van der Waals surface area contributed by atoms with Gasteiger partial charge in [-0.3, -0.25) is 0 Å². The molecule has 2 aliphatic carbocycles. The van der Waals surface area contributed by atoms with Crippen molar-refractivity contribution in [3.05, 3.63) is 0 Å². The van der Waals surface area contributed by atoms with Gasteiger partial charge in [-0.25, -0.2) is 4.79 Å². The maximum Gasteiger partial charge on any atom is 0.315 e. The van der Waals surface area contributed by atoms with Crippen molar-refractivity contribution in [3.8, 4) is 0 Å². The van der Waals surface area contributed by atoms with Crippen LogP contribution in [0.15, 0.2) is 0 Å². The lowest BCUT2D eigenvalue weighted by Gasteiger charge is -2.21. The molecule has 0 aromatic rings. The van der Waals surface area contributed by atoms with Crippen LogP contribution in [0.1, 0.15) is 44.9 Å². The molecule has 0 aromatic carbocycles. The van der Waals surface area contributed by atoms with Crippen molar-refractivity contribution in [2.75, 3.05) is 20.3 Å². The first-order chi connectivity index (χ1) is 9.70. The van der Waals surface area contributed by atoms with Gasteiger partial charge in [0.05, 0.1) is 12.7 Å². The van der Waals surface area contributed by atoms with Crippen molar-refractivity contribution < 1.29 is 14.6 Å². The number of aliphatic hydroxyl groups excluding tert-OH is 1. The number of carbonyl (C=O) groups excluding carboxylic acids is 1. The molecule has 0 aliphatic heterocycles. The number of rotatable bonds is 7. The highest BCUT2D eigenvalue weighted by Gasteiger charge is 2.43. The number of ether oxygens (including phenoxy) is 1. The van der Waals surface area contributed by atoms with E-state index >= 15 is 0 Å². The van der Waals surface area contributed by atoms with Gasteiger partial charge in [0.25, 0.3) is 0 Å². The molecule has 3 atom stereocenters. The Labute approximate surface area is 121 Å². The Morgan fingerprint density at radius 2 is 2.10 bits per heavy atom. The summed E-state index contributed by atoms with van der Waals surface area (Å²) in [5, 5.41) is 15.3. The van der Waals surface area contributed by atoms with Crippen LogP contribution in [0, 0.1) is 11.8 Å². The van der Waals surface area contributed by atoms with Crippen molar-refractivity contribution in [2.45, 2.75) is 57.1 Å². The predicted molar refractivity (Wildman–Crippen MR) is 77.5 cm³/mol. The van der Waals surface area contributed by atoms with Crippen molar-refractivity contribution >= 4 is 6.03 Å². The Balaban J connectivity index is 1.54. The molecule has 116 valence electrons. The van der Waals surface area contributed by atoms with E-state index in [1.807, 2.05) is 0 Å². The van der Waals surface area contributed by atoms with Gasteiger partial charge in [0.2, 0.25) is 0 Å². The topological polar surface area (TPSA) is 70.6 Å². The number of aliphatic hydroxyl groups is 1. The summed E-state index contributed by atoms with van der Waals surface area (Å²) < 4.78 is 4.84. The zero-order valence-corrected chi connectivity index (χ0v) is 12.4. The molecule has 20 heavy (non-hydrogen) atoms. The summed E-state index contributed by atoms with van der Waals surface area (Å²) in [4.78, 5) is 11.7. The van der Waals surface area contributed by atoms with Gasteiger partial charge < -0.3 is 20.5 Å². The van der Waals surface area contributed by atoms with Gasteiger partial charge in [-0.15, -0.1) is 0 Å². The molecule has 2 fully saturated rings. The van der Waals surface area contributed by atoms with E-state index in [1.165, 1.54) is 32.1 Å². The molecule has 0 aromatic heterocycles. The van der Waals surface area contributed by atoms with Crippen LogP contribution in [0.25, 0.3) is 0 Å². The maximum atomic E-state index is 11.7. The standard InChI is InChI=1S/C15H28N2O3/c1-20-10-12(18)7-8-16-15(19)17-14-9-13(14)11-5-3-2-4-6-11/h11-14,18H,2-10H2,1H3,(H2,16,17,19). The lowest BCUT2D eigenvalue weighted by molar-refractivity contribution is 0.0598. The largest absolute Gasteiger partial charge is 0.391 e. The van der Waals surface area contributed by atoms with Crippen molar-refractivity contribution in [1.29, 1.82) is 0 Å². The number of methoxy groups -OCH3 is 1. The molecule has 5 nitrogen and oxygen atoms in total. The lowest BCUT2D eigenvalue weighted by atomic mass is 9.85. The molecule has 0 saturated heterocycles. The third-order valence-corrected chi connectivity index (χ3v) is 4.53. The van der Waals surface area contributed by atoms with Crippen molar-refractivity contribution in [1.82, 2.24) is 10.6 Å². The van der Waals surface area contributed by atoms with Gasteiger partial charge in [0, 0.05) is 19.7 Å². The molecule has 3 N–H and O–H groups in total. The Morgan fingerprint density at radius 1 is 1.35 bits per heavy atom. The van der Waals surface area contributed by atoms with Crippen molar-refractivity contribution in [3.63, 3.8) is 0 Å². The van der Waals surface area contributed by atoms with Crippen LogP contribution < -0.4 is 10.6 Å². The molecular weight excluding hydrogens is 256 g/mol. The van der Waals surface area contributed by atoms with Gasteiger partial charge in [-0.2, -0.15) is 0 Å². The fourth-order valence-corrected chi connectivity index (χ4v) is 3.31. The van der Waals surface area contributed by atoms with E-state index < -0.39 is 6.10 Å². The predicted octanol–water partition coefficient (Wildman–Crippen LogP) is 1.65. The number of amides is 2. The molecule has 0 radical (unpaired) electrons. The molecule has 0 bridgehead atoms. The summed E-state index contributed by atoms with van der Waals surface area (Å²) in [7, 11) is 1.56. The van der Waals surface area contributed by atoms with Crippen LogP contribution in [-0.4, -0.2) is 43.5 Å². The van der Waals surface area contributed by atoms with Crippen LogP contribution in [0.2, 0.25) is 0 Å². The number of hydrogen-bond donors (Lipinski definition) is 3. The molecule has 3 unspecified atom stereocenters. The average Bonchev–Trinajstić information content (AvgIpc) is 3.19. The zero-order chi connectivity index (χ0) is 14.4. The van der Waals surface area contributed by atoms with E-state index in [0.717, 1.165) is 12.3 Å². The highest BCUT2D eigenvalue weighted by molar-refractivity contribution is 5.74. The minimum atomic E-state index is -0.504. The third kappa shape index (κ3) is 4.94. The number of hydrogen-bond acceptors (Lipinski definition) is 3. The van der Waals surface area contributed by atoms with Gasteiger partial charge >= 0.3 is 6.03 Å². The first-order valence-corrected chi connectivity index (χ1v) is 7.92.